The number of sulfonamides is 1. The van der Waals surface area contributed by atoms with Gasteiger partial charge in [0, 0.05) is 13.1 Å². The second kappa shape index (κ2) is 6.93. The predicted molar refractivity (Wildman–Crippen MR) is 91.6 cm³/mol. The molecule has 5 nitrogen and oxygen atoms in total. The molecule has 24 heavy (non-hydrogen) atoms. The molecule has 0 aromatic heterocycles. The summed E-state index contributed by atoms with van der Waals surface area (Å²) >= 11 is 0. The molecule has 0 radical (unpaired) electrons. The van der Waals surface area contributed by atoms with Gasteiger partial charge in [-0.1, -0.05) is 30.3 Å². The Morgan fingerprint density at radius 3 is 2.58 bits per heavy atom. The van der Waals surface area contributed by atoms with Crippen LogP contribution in [0.4, 0.5) is 0 Å². The lowest BCUT2D eigenvalue weighted by Crippen LogP contribution is -2.42. The highest BCUT2D eigenvalue weighted by molar-refractivity contribution is 7.89. The van der Waals surface area contributed by atoms with Crippen molar-refractivity contribution in [3.05, 3.63) is 59.7 Å². The maximum atomic E-state index is 13.0. The molecule has 0 saturated carbocycles. The molecular weight excluding hydrogens is 326 g/mol. The molecule has 6 heteroatoms. The lowest BCUT2D eigenvalue weighted by atomic mass is 10.1. The van der Waals surface area contributed by atoms with E-state index in [0.717, 1.165) is 5.56 Å². The van der Waals surface area contributed by atoms with E-state index in [1.54, 1.807) is 32.2 Å². The van der Waals surface area contributed by atoms with Crippen LogP contribution in [0.1, 0.15) is 17.2 Å². The molecule has 1 heterocycles. The number of benzene rings is 2. The van der Waals surface area contributed by atoms with Crippen molar-refractivity contribution in [1.82, 2.24) is 4.31 Å². The summed E-state index contributed by atoms with van der Waals surface area (Å²) in [6, 6.07) is 14.7. The van der Waals surface area contributed by atoms with E-state index in [0.29, 0.717) is 35.9 Å². The van der Waals surface area contributed by atoms with Gasteiger partial charge in [0.05, 0.1) is 24.7 Å². The van der Waals surface area contributed by atoms with Crippen LogP contribution in [0.5, 0.6) is 5.75 Å². The highest BCUT2D eigenvalue weighted by Crippen LogP contribution is 2.29. The van der Waals surface area contributed by atoms with Crippen molar-refractivity contribution in [2.75, 3.05) is 26.8 Å². The van der Waals surface area contributed by atoms with Gasteiger partial charge in [-0.15, -0.1) is 0 Å². The van der Waals surface area contributed by atoms with Crippen LogP contribution < -0.4 is 4.74 Å². The molecular formula is C18H21NO4S. The molecule has 2 aromatic rings. The third-order valence-electron chi connectivity index (χ3n) is 4.20. The van der Waals surface area contributed by atoms with Gasteiger partial charge in [0.2, 0.25) is 10.0 Å². The number of aryl methyl sites for hydroxylation is 1. The van der Waals surface area contributed by atoms with Crippen molar-refractivity contribution in [2.24, 2.45) is 0 Å². The van der Waals surface area contributed by atoms with E-state index in [1.807, 2.05) is 30.3 Å². The first kappa shape index (κ1) is 17.0. The fraction of sp³-hybridized carbons (Fsp3) is 0.333. The average molecular weight is 347 g/mol. The number of methoxy groups -OCH3 is 1. The van der Waals surface area contributed by atoms with Crippen molar-refractivity contribution < 1.29 is 17.9 Å². The molecule has 1 unspecified atom stereocenters. The summed E-state index contributed by atoms with van der Waals surface area (Å²) in [7, 11) is -2.00. The number of morpholine rings is 1. The normalized spacial score (nSPS) is 19.2. The molecule has 0 aliphatic carbocycles. The minimum Gasteiger partial charge on any atom is -0.497 e. The van der Waals surface area contributed by atoms with Gasteiger partial charge in [-0.2, -0.15) is 4.31 Å². The molecule has 1 aliphatic rings. The van der Waals surface area contributed by atoms with Crippen molar-refractivity contribution in [2.45, 2.75) is 17.9 Å². The molecule has 2 aromatic carbocycles. The van der Waals surface area contributed by atoms with Crippen LogP contribution in [0.15, 0.2) is 53.4 Å². The summed E-state index contributed by atoms with van der Waals surface area (Å²) in [6.45, 7) is 2.84. The third kappa shape index (κ3) is 3.31. The number of nitrogens with zero attached hydrogens (tertiary/aromatic N) is 1. The highest BCUT2D eigenvalue weighted by Gasteiger charge is 2.32. The first-order valence-corrected chi connectivity index (χ1v) is 9.27. The third-order valence-corrected chi connectivity index (χ3v) is 6.23. The number of rotatable bonds is 4. The highest BCUT2D eigenvalue weighted by atomic mass is 32.2. The van der Waals surface area contributed by atoms with Gasteiger partial charge >= 0.3 is 0 Å². The number of hydrogen-bond acceptors (Lipinski definition) is 4. The van der Waals surface area contributed by atoms with Crippen LogP contribution in [-0.2, 0) is 14.8 Å². The predicted octanol–water partition coefficient (Wildman–Crippen LogP) is 2.77. The Bertz CT molecular complexity index is 805. The minimum absolute atomic E-state index is 0.242. The zero-order chi connectivity index (χ0) is 17.2. The van der Waals surface area contributed by atoms with E-state index in [-0.39, 0.29) is 6.10 Å². The van der Waals surface area contributed by atoms with E-state index in [4.69, 9.17) is 9.47 Å². The molecule has 1 atom stereocenters. The Morgan fingerprint density at radius 1 is 1.17 bits per heavy atom. The molecule has 0 spiro atoms. The smallest absolute Gasteiger partial charge is 0.243 e. The van der Waals surface area contributed by atoms with E-state index in [1.165, 1.54) is 4.31 Å². The standard InChI is InChI=1S/C18H21NO4S/c1-14-12-16(22-2)8-9-18(14)24(20,21)19-10-11-23-17(13-19)15-6-4-3-5-7-15/h3-9,12,17H,10-11,13H2,1-2H3. The maximum Gasteiger partial charge on any atom is 0.243 e. The van der Waals surface area contributed by atoms with Crippen LogP contribution in [0.2, 0.25) is 0 Å². The number of ether oxygens (including phenoxy) is 2. The summed E-state index contributed by atoms with van der Waals surface area (Å²) in [5.41, 5.74) is 1.67. The van der Waals surface area contributed by atoms with Crippen LogP contribution in [0.3, 0.4) is 0 Å². The largest absolute Gasteiger partial charge is 0.497 e. The van der Waals surface area contributed by atoms with E-state index >= 15 is 0 Å². The van der Waals surface area contributed by atoms with E-state index in [2.05, 4.69) is 0 Å². The fourth-order valence-electron chi connectivity index (χ4n) is 2.89. The van der Waals surface area contributed by atoms with Crippen LogP contribution in [-0.4, -0.2) is 39.5 Å². The Kier molecular flexibility index (Phi) is 4.89. The monoisotopic (exact) mass is 347 g/mol. The molecule has 1 saturated heterocycles. The first-order chi connectivity index (χ1) is 11.5. The molecule has 0 N–H and O–H groups in total. The Hall–Kier alpha value is -1.89. The van der Waals surface area contributed by atoms with Crippen LogP contribution in [0.25, 0.3) is 0 Å². The molecule has 0 bridgehead atoms. The SMILES string of the molecule is COc1ccc(S(=O)(=O)N2CCOC(c3ccccc3)C2)c(C)c1. The first-order valence-electron chi connectivity index (χ1n) is 7.83. The Balaban J connectivity index is 1.87. The lowest BCUT2D eigenvalue weighted by molar-refractivity contribution is -0.00256. The van der Waals surface area contributed by atoms with Gasteiger partial charge in [-0.05, 0) is 36.2 Å². The zero-order valence-electron chi connectivity index (χ0n) is 13.8. The van der Waals surface area contributed by atoms with Gasteiger partial charge in [0.25, 0.3) is 0 Å². The molecule has 3 rings (SSSR count). The van der Waals surface area contributed by atoms with Gasteiger partial charge in [-0.25, -0.2) is 8.42 Å². The van der Waals surface area contributed by atoms with Crippen molar-refractivity contribution in [3.8, 4) is 5.75 Å². The molecule has 1 aliphatic heterocycles. The summed E-state index contributed by atoms with van der Waals surface area (Å²) in [5.74, 6) is 0.649. The Morgan fingerprint density at radius 2 is 1.92 bits per heavy atom. The van der Waals surface area contributed by atoms with Crippen molar-refractivity contribution in [3.63, 3.8) is 0 Å². The maximum absolute atomic E-state index is 13.0. The van der Waals surface area contributed by atoms with Crippen molar-refractivity contribution in [1.29, 1.82) is 0 Å². The van der Waals surface area contributed by atoms with Gasteiger partial charge in [-0.3, -0.25) is 0 Å². The van der Waals surface area contributed by atoms with Crippen LogP contribution >= 0.6 is 0 Å². The molecule has 0 amide bonds. The molecule has 1 fully saturated rings. The minimum atomic E-state index is -3.56. The lowest BCUT2D eigenvalue weighted by Gasteiger charge is -2.32. The quantitative estimate of drug-likeness (QED) is 0.853. The summed E-state index contributed by atoms with van der Waals surface area (Å²) in [6.07, 6.45) is -0.242. The second-order valence-electron chi connectivity index (χ2n) is 5.76. The average Bonchev–Trinajstić information content (AvgIpc) is 2.62. The van der Waals surface area contributed by atoms with Crippen molar-refractivity contribution >= 4 is 10.0 Å². The fourth-order valence-corrected chi connectivity index (χ4v) is 4.52. The van der Waals surface area contributed by atoms with Gasteiger partial charge in [0.1, 0.15) is 5.75 Å². The topological polar surface area (TPSA) is 55.8 Å². The van der Waals surface area contributed by atoms with E-state index in [9.17, 15) is 8.42 Å². The second-order valence-corrected chi connectivity index (χ2v) is 7.67. The molecule has 128 valence electrons. The van der Waals surface area contributed by atoms with Gasteiger partial charge in [0.15, 0.2) is 0 Å². The number of hydrogen-bond donors (Lipinski definition) is 0. The Labute approximate surface area is 142 Å². The van der Waals surface area contributed by atoms with E-state index < -0.39 is 10.0 Å². The summed E-state index contributed by atoms with van der Waals surface area (Å²) in [4.78, 5) is 0.317. The van der Waals surface area contributed by atoms with Gasteiger partial charge < -0.3 is 9.47 Å². The zero-order valence-corrected chi connectivity index (χ0v) is 14.6. The summed E-state index contributed by atoms with van der Waals surface area (Å²) < 4.78 is 38.5. The van der Waals surface area contributed by atoms with Crippen LogP contribution in [0, 0.1) is 6.92 Å². The summed E-state index contributed by atoms with van der Waals surface area (Å²) in [5, 5.41) is 0.